The van der Waals surface area contributed by atoms with Gasteiger partial charge < -0.3 is 15.4 Å². The summed E-state index contributed by atoms with van der Waals surface area (Å²) in [5, 5.41) is 22.3. The topological polar surface area (TPSA) is 128 Å². The molecule has 0 radical (unpaired) electrons. The van der Waals surface area contributed by atoms with Gasteiger partial charge in [-0.05, 0) is 30.0 Å². The fraction of sp³-hybridized carbons (Fsp3) is 0.125. The highest BCUT2D eigenvalue weighted by Gasteiger charge is 2.21. The standard InChI is InChI=1S/C24H19FN8OS/c1-2-17(34)29-13-8-12(9-26-10-13)20-19(25)18-15(11-28-20)32-33-23(18)24-30-14-5-6-27-22(21(14)31-24)16-4-3-7-35-16/h3-11,17,29,34H,2H2,1H3,(H,30,31)(H,32,33). The molecule has 1 unspecified atom stereocenters. The molecule has 4 N–H and O–H groups in total. The Labute approximate surface area is 202 Å². The van der Waals surface area contributed by atoms with Crippen LogP contribution in [0.2, 0.25) is 0 Å². The van der Waals surface area contributed by atoms with Gasteiger partial charge in [0.15, 0.2) is 11.6 Å². The monoisotopic (exact) mass is 486 g/mol. The maximum absolute atomic E-state index is 15.9. The van der Waals surface area contributed by atoms with Crippen LogP contribution in [0.25, 0.3) is 55.3 Å². The van der Waals surface area contributed by atoms with Crippen LogP contribution < -0.4 is 5.32 Å². The molecule has 6 heterocycles. The average Bonchev–Trinajstić information content (AvgIpc) is 3.63. The number of nitrogens with zero attached hydrogens (tertiary/aromatic N) is 5. The first-order chi connectivity index (χ1) is 17.1. The van der Waals surface area contributed by atoms with Gasteiger partial charge in [-0.15, -0.1) is 11.3 Å². The molecule has 1 atom stereocenters. The first-order valence-corrected chi connectivity index (χ1v) is 11.8. The fourth-order valence-electron chi connectivity index (χ4n) is 3.93. The van der Waals surface area contributed by atoms with Gasteiger partial charge in [-0.3, -0.25) is 20.1 Å². The quantitative estimate of drug-likeness (QED) is 0.245. The summed E-state index contributed by atoms with van der Waals surface area (Å²) in [7, 11) is 0. The van der Waals surface area contributed by atoms with Gasteiger partial charge in [0, 0.05) is 18.0 Å². The number of nitrogens with one attached hydrogen (secondary N) is 3. The third-order valence-corrected chi connectivity index (χ3v) is 6.53. The van der Waals surface area contributed by atoms with Crippen molar-refractivity contribution in [3.05, 3.63) is 60.3 Å². The molecular weight excluding hydrogens is 467 g/mol. The van der Waals surface area contributed by atoms with Crippen LogP contribution in [0.4, 0.5) is 10.1 Å². The van der Waals surface area contributed by atoms with E-state index >= 15 is 4.39 Å². The van der Waals surface area contributed by atoms with Crippen molar-refractivity contribution < 1.29 is 9.50 Å². The molecule has 174 valence electrons. The van der Waals surface area contributed by atoms with Crippen molar-refractivity contribution >= 4 is 39.0 Å². The molecule has 0 aromatic carbocycles. The molecule has 6 aromatic heterocycles. The summed E-state index contributed by atoms with van der Waals surface area (Å²) in [6.45, 7) is 1.85. The number of aromatic nitrogens is 7. The summed E-state index contributed by atoms with van der Waals surface area (Å²) in [4.78, 5) is 21.9. The first-order valence-electron chi connectivity index (χ1n) is 10.9. The van der Waals surface area contributed by atoms with Crippen LogP contribution in [-0.2, 0) is 0 Å². The van der Waals surface area contributed by atoms with Crippen molar-refractivity contribution in [1.82, 2.24) is 35.1 Å². The number of aliphatic hydroxyl groups excluding tert-OH is 1. The number of hydrogen-bond donors (Lipinski definition) is 4. The van der Waals surface area contributed by atoms with Crippen LogP contribution in [0.5, 0.6) is 0 Å². The minimum Gasteiger partial charge on any atom is -0.374 e. The summed E-state index contributed by atoms with van der Waals surface area (Å²) in [6, 6.07) is 7.47. The van der Waals surface area contributed by atoms with Crippen molar-refractivity contribution in [3.63, 3.8) is 0 Å². The summed E-state index contributed by atoms with van der Waals surface area (Å²) < 4.78 is 15.9. The second-order valence-electron chi connectivity index (χ2n) is 7.93. The summed E-state index contributed by atoms with van der Waals surface area (Å²) in [6.07, 6.45) is 6.13. The Bertz CT molecular complexity index is 1660. The normalized spacial score (nSPS) is 12.4. The van der Waals surface area contributed by atoms with Crippen molar-refractivity contribution in [3.8, 4) is 33.3 Å². The Balaban J connectivity index is 1.47. The van der Waals surface area contributed by atoms with Gasteiger partial charge in [0.25, 0.3) is 0 Å². The van der Waals surface area contributed by atoms with E-state index in [1.165, 1.54) is 12.4 Å². The predicted molar refractivity (Wildman–Crippen MR) is 133 cm³/mol. The summed E-state index contributed by atoms with van der Waals surface area (Å²) in [5.74, 6) is -0.119. The van der Waals surface area contributed by atoms with E-state index < -0.39 is 12.0 Å². The number of aromatic amines is 2. The Kier molecular flexibility index (Phi) is 5.20. The van der Waals surface area contributed by atoms with Crippen LogP contribution >= 0.6 is 11.3 Å². The van der Waals surface area contributed by atoms with Crippen LogP contribution in [0.15, 0.2) is 54.4 Å². The SMILES string of the molecule is CCC(O)Nc1cncc(-c2ncc3[nH]nc(-c4nc5c(-c6cccs6)nccc5[nH]4)c3c2F)c1. The van der Waals surface area contributed by atoms with E-state index in [0.29, 0.717) is 40.2 Å². The number of pyridine rings is 3. The maximum atomic E-state index is 15.9. The van der Waals surface area contributed by atoms with E-state index in [9.17, 15) is 5.11 Å². The van der Waals surface area contributed by atoms with Crippen LogP contribution in [0.3, 0.4) is 0 Å². The highest BCUT2D eigenvalue weighted by Crippen LogP contribution is 2.35. The number of imidazole rings is 1. The molecule has 0 aliphatic rings. The van der Waals surface area contributed by atoms with Crippen molar-refractivity contribution in [2.45, 2.75) is 19.6 Å². The molecule has 11 heteroatoms. The Morgan fingerprint density at radius 3 is 2.86 bits per heavy atom. The summed E-state index contributed by atoms with van der Waals surface area (Å²) >= 11 is 1.58. The van der Waals surface area contributed by atoms with E-state index in [1.807, 2.05) is 30.5 Å². The Morgan fingerprint density at radius 1 is 1.11 bits per heavy atom. The molecule has 9 nitrogen and oxygen atoms in total. The second kappa shape index (κ2) is 8.53. The number of aliphatic hydroxyl groups is 1. The molecule has 6 aromatic rings. The minimum atomic E-state index is -0.727. The summed E-state index contributed by atoms with van der Waals surface area (Å²) in [5.41, 5.74) is 4.18. The molecule has 0 aliphatic carbocycles. The lowest BCUT2D eigenvalue weighted by Crippen LogP contribution is -2.17. The van der Waals surface area contributed by atoms with Gasteiger partial charge in [-0.25, -0.2) is 9.37 Å². The molecule has 0 fully saturated rings. The van der Waals surface area contributed by atoms with Gasteiger partial charge in [-0.2, -0.15) is 5.10 Å². The fourth-order valence-corrected chi connectivity index (χ4v) is 4.65. The molecular formula is C24H19FN8OS. The third kappa shape index (κ3) is 3.70. The predicted octanol–water partition coefficient (Wildman–Crippen LogP) is 4.97. The van der Waals surface area contributed by atoms with Gasteiger partial charge in [0.05, 0.1) is 39.4 Å². The number of anilines is 1. The number of halogens is 1. The highest BCUT2D eigenvalue weighted by atomic mass is 32.1. The zero-order chi connectivity index (χ0) is 23.9. The number of hydrogen-bond acceptors (Lipinski definition) is 8. The lowest BCUT2D eigenvalue weighted by molar-refractivity contribution is 0.199. The van der Waals surface area contributed by atoms with Gasteiger partial charge in [-0.1, -0.05) is 13.0 Å². The zero-order valence-corrected chi connectivity index (χ0v) is 19.3. The van der Waals surface area contributed by atoms with E-state index in [4.69, 9.17) is 4.98 Å². The van der Waals surface area contributed by atoms with Gasteiger partial charge in [0.2, 0.25) is 0 Å². The smallest absolute Gasteiger partial charge is 0.161 e. The molecule has 0 aliphatic heterocycles. The van der Waals surface area contributed by atoms with Gasteiger partial charge >= 0.3 is 0 Å². The Morgan fingerprint density at radius 2 is 2.03 bits per heavy atom. The molecule has 6 rings (SSSR count). The lowest BCUT2D eigenvalue weighted by atomic mass is 10.1. The Hall–Kier alpha value is -4.22. The van der Waals surface area contributed by atoms with E-state index in [0.717, 1.165) is 16.1 Å². The van der Waals surface area contributed by atoms with E-state index in [-0.39, 0.29) is 11.1 Å². The molecule has 0 amide bonds. The zero-order valence-electron chi connectivity index (χ0n) is 18.5. The molecule has 0 spiro atoms. The number of H-pyrrole nitrogens is 2. The number of thiophene rings is 1. The maximum Gasteiger partial charge on any atom is 0.161 e. The van der Waals surface area contributed by atoms with E-state index in [2.05, 4.69) is 35.5 Å². The van der Waals surface area contributed by atoms with E-state index in [1.54, 1.807) is 29.8 Å². The molecule has 0 saturated heterocycles. The van der Waals surface area contributed by atoms with Crippen LogP contribution in [0, 0.1) is 5.82 Å². The third-order valence-electron chi connectivity index (χ3n) is 5.66. The molecule has 35 heavy (non-hydrogen) atoms. The van der Waals surface area contributed by atoms with Crippen LogP contribution in [0.1, 0.15) is 13.3 Å². The van der Waals surface area contributed by atoms with Crippen molar-refractivity contribution in [1.29, 1.82) is 0 Å². The number of fused-ring (bicyclic) bond motifs is 2. The highest BCUT2D eigenvalue weighted by molar-refractivity contribution is 7.13. The first kappa shape index (κ1) is 21.3. The average molecular weight is 487 g/mol. The minimum absolute atomic E-state index is 0.124. The molecule has 0 saturated carbocycles. The lowest BCUT2D eigenvalue weighted by Gasteiger charge is -2.12. The molecule has 0 bridgehead atoms. The van der Waals surface area contributed by atoms with Crippen LogP contribution in [-0.4, -0.2) is 46.5 Å². The number of rotatable bonds is 6. The second-order valence-corrected chi connectivity index (χ2v) is 8.88. The van der Waals surface area contributed by atoms with Gasteiger partial charge in [0.1, 0.15) is 28.8 Å². The van der Waals surface area contributed by atoms with Crippen molar-refractivity contribution in [2.75, 3.05) is 5.32 Å². The largest absolute Gasteiger partial charge is 0.374 e. The van der Waals surface area contributed by atoms with Crippen molar-refractivity contribution in [2.24, 2.45) is 0 Å².